The Morgan fingerprint density at radius 3 is 2.56 bits per heavy atom. The zero-order chi connectivity index (χ0) is 23.2. The molecule has 8 nitrogen and oxygen atoms in total. The number of nitrogens with zero attached hydrogens (tertiary/aromatic N) is 4. The van der Waals surface area contributed by atoms with Gasteiger partial charge in [0.25, 0.3) is 0 Å². The first kappa shape index (κ1) is 21.6. The Bertz CT molecular complexity index is 1390. The van der Waals surface area contributed by atoms with E-state index in [9.17, 15) is 4.79 Å². The van der Waals surface area contributed by atoms with Crippen molar-refractivity contribution in [2.45, 2.75) is 70.5 Å². The van der Waals surface area contributed by atoms with Gasteiger partial charge in [0.15, 0.2) is 5.65 Å². The van der Waals surface area contributed by atoms with Gasteiger partial charge in [-0.1, -0.05) is 0 Å². The van der Waals surface area contributed by atoms with Gasteiger partial charge in [0, 0.05) is 43.1 Å². The highest BCUT2D eigenvalue weighted by Crippen LogP contribution is 2.33. The van der Waals surface area contributed by atoms with Crippen molar-refractivity contribution in [3.63, 3.8) is 0 Å². The van der Waals surface area contributed by atoms with Crippen LogP contribution in [-0.4, -0.2) is 49.4 Å². The first-order chi connectivity index (χ1) is 16.6. The summed E-state index contributed by atoms with van der Waals surface area (Å²) >= 11 is 0. The van der Waals surface area contributed by atoms with E-state index in [2.05, 4.69) is 45.5 Å². The van der Waals surface area contributed by atoms with Crippen LogP contribution >= 0.6 is 0 Å². The van der Waals surface area contributed by atoms with Crippen LogP contribution in [0.4, 0.5) is 0 Å². The van der Waals surface area contributed by atoms with E-state index in [4.69, 9.17) is 4.74 Å². The molecule has 34 heavy (non-hydrogen) atoms. The highest BCUT2D eigenvalue weighted by atomic mass is 16.5. The van der Waals surface area contributed by atoms with Gasteiger partial charge in [-0.3, -0.25) is 4.57 Å². The predicted octanol–water partition coefficient (Wildman–Crippen LogP) is 3.91. The number of H-pyrrole nitrogens is 1. The predicted molar refractivity (Wildman–Crippen MR) is 132 cm³/mol. The second-order valence-electron chi connectivity index (χ2n) is 9.98. The lowest BCUT2D eigenvalue weighted by Gasteiger charge is -2.34. The summed E-state index contributed by atoms with van der Waals surface area (Å²) < 4.78 is 9.30. The molecule has 2 N–H and O–H groups in total. The van der Waals surface area contributed by atoms with E-state index in [-0.39, 0.29) is 11.7 Å². The number of aromatic nitrogens is 5. The fourth-order valence-corrected chi connectivity index (χ4v) is 5.89. The third-order valence-corrected chi connectivity index (χ3v) is 7.69. The summed E-state index contributed by atoms with van der Waals surface area (Å²) in [5, 5.41) is 8.15. The summed E-state index contributed by atoms with van der Waals surface area (Å²) in [6.45, 7) is 5.90. The van der Waals surface area contributed by atoms with E-state index < -0.39 is 0 Å². The number of ether oxygens (including phenoxy) is 1. The van der Waals surface area contributed by atoms with Crippen molar-refractivity contribution in [2.75, 3.05) is 13.2 Å². The molecule has 0 spiro atoms. The number of aryl methyl sites for hydroxylation is 2. The summed E-state index contributed by atoms with van der Waals surface area (Å²) in [4.78, 5) is 20.5. The Morgan fingerprint density at radius 2 is 1.76 bits per heavy atom. The minimum atomic E-state index is -0.00435. The van der Waals surface area contributed by atoms with Crippen LogP contribution in [0.3, 0.4) is 0 Å². The fourth-order valence-electron chi connectivity index (χ4n) is 5.89. The van der Waals surface area contributed by atoms with Gasteiger partial charge >= 0.3 is 5.69 Å². The van der Waals surface area contributed by atoms with Gasteiger partial charge in [0.1, 0.15) is 6.33 Å². The van der Waals surface area contributed by atoms with Crippen molar-refractivity contribution in [3.05, 3.63) is 52.3 Å². The standard InChI is InChI=1S/C26H32N6O2/c1-16-12-24-23(13-22(16)18-11-17(2)25-27-15-28-31(25)14-18)30-26(33)32(24)21-5-3-19(4-6-21)29-20-7-9-34-10-8-20/h11-15,19-21,29H,3-10H2,1-2H3,(H,30,33). The van der Waals surface area contributed by atoms with Crippen LogP contribution in [0, 0.1) is 13.8 Å². The van der Waals surface area contributed by atoms with Gasteiger partial charge in [-0.05, 0) is 87.3 Å². The number of benzene rings is 1. The lowest BCUT2D eigenvalue weighted by atomic mass is 9.89. The number of nitrogens with one attached hydrogen (secondary N) is 2. The van der Waals surface area contributed by atoms with E-state index in [1.165, 1.54) is 0 Å². The molecule has 2 aliphatic rings. The molecule has 4 aromatic rings. The molecule has 0 radical (unpaired) electrons. The average Bonchev–Trinajstić information content (AvgIpc) is 3.44. The molecule has 0 unspecified atom stereocenters. The largest absolute Gasteiger partial charge is 0.381 e. The minimum Gasteiger partial charge on any atom is -0.381 e. The third kappa shape index (κ3) is 3.84. The number of pyridine rings is 1. The second-order valence-corrected chi connectivity index (χ2v) is 9.98. The van der Waals surface area contributed by atoms with Crippen LogP contribution < -0.4 is 11.0 Å². The molecule has 6 rings (SSSR count). The van der Waals surface area contributed by atoms with Gasteiger partial charge in [0.05, 0.1) is 11.0 Å². The van der Waals surface area contributed by atoms with E-state index in [1.807, 2.05) is 22.2 Å². The molecule has 178 valence electrons. The second kappa shape index (κ2) is 8.67. The first-order valence-electron chi connectivity index (χ1n) is 12.5. The van der Waals surface area contributed by atoms with Crippen molar-refractivity contribution >= 4 is 16.7 Å². The van der Waals surface area contributed by atoms with Crippen LogP contribution in [0.15, 0.2) is 35.5 Å². The lowest BCUT2D eigenvalue weighted by molar-refractivity contribution is 0.0724. The Kier molecular flexibility index (Phi) is 5.50. The molecule has 8 heteroatoms. The van der Waals surface area contributed by atoms with Gasteiger partial charge in [-0.25, -0.2) is 14.3 Å². The molecule has 2 fully saturated rings. The molecule has 0 atom stereocenters. The quantitative estimate of drug-likeness (QED) is 0.482. The SMILES string of the molecule is Cc1cc2c(cc1-c1cc(C)c3ncnn3c1)[nH]c(=O)n2C1CCC(NC2CCOCC2)CC1. The summed E-state index contributed by atoms with van der Waals surface area (Å²) in [7, 11) is 0. The van der Waals surface area contributed by atoms with Crippen LogP contribution in [-0.2, 0) is 4.74 Å². The van der Waals surface area contributed by atoms with E-state index in [0.29, 0.717) is 12.1 Å². The number of fused-ring (bicyclic) bond motifs is 2. The minimum absolute atomic E-state index is 0.00435. The van der Waals surface area contributed by atoms with Crippen molar-refractivity contribution in [1.82, 2.24) is 29.5 Å². The van der Waals surface area contributed by atoms with E-state index in [1.54, 1.807) is 6.33 Å². The smallest absolute Gasteiger partial charge is 0.326 e. The Morgan fingerprint density at radius 1 is 1.00 bits per heavy atom. The van der Waals surface area contributed by atoms with Crippen LogP contribution in [0.2, 0.25) is 0 Å². The Balaban J connectivity index is 1.26. The maximum Gasteiger partial charge on any atom is 0.326 e. The Labute approximate surface area is 198 Å². The van der Waals surface area contributed by atoms with Gasteiger partial charge in [-0.15, -0.1) is 0 Å². The summed E-state index contributed by atoms with van der Waals surface area (Å²) in [6.07, 6.45) is 10.1. The molecule has 4 heterocycles. The zero-order valence-electron chi connectivity index (χ0n) is 19.9. The van der Waals surface area contributed by atoms with Gasteiger partial charge < -0.3 is 15.0 Å². The summed E-state index contributed by atoms with van der Waals surface area (Å²) in [6, 6.07) is 7.78. The molecule has 0 bridgehead atoms. The molecular formula is C26H32N6O2. The van der Waals surface area contributed by atoms with Crippen LogP contribution in [0.1, 0.15) is 55.7 Å². The maximum atomic E-state index is 13.0. The molecular weight excluding hydrogens is 428 g/mol. The van der Waals surface area contributed by atoms with E-state index in [0.717, 1.165) is 90.7 Å². The topological polar surface area (TPSA) is 89.2 Å². The summed E-state index contributed by atoms with van der Waals surface area (Å²) in [5.41, 5.74) is 7.16. The molecule has 1 aliphatic carbocycles. The highest BCUT2D eigenvalue weighted by Gasteiger charge is 2.27. The van der Waals surface area contributed by atoms with Crippen molar-refractivity contribution in [1.29, 1.82) is 0 Å². The highest BCUT2D eigenvalue weighted by molar-refractivity contribution is 5.84. The van der Waals surface area contributed by atoms with Crippen LogP contribution in [0.25, 0.3) is 27.8 Å². The van der Waals surface area contributed by atoms with Crippen molar-refractivity contribution in [2.24, 2.45) is 0 Å². The Hall–Kier alpha value is -2.97. The van der Waals surface area contributed by atoms with Gasteiger partial charge in [-0.2, -0.15) is 5.10 Å². The maximum absolute atomic E-state index is 13.0. The first-order valence-corrected chi connectivity index (χ1v) is 12.5. The van der Waals surface area contributed by atoms with Crippen molar-refractivity contribution < 1.29 is 4.74 Å². The third-order valence-electron chi connectivity index (χ3n) is 7.69. The van der Waals surface area contributed by atoms with Crippen molar-refractivity contribution in [3.8, 4) is 11.1 Å². The lowest BCUT2D eigenvalue weighted by Crippen LogP contribution is -2.43. The normalized spacial score (nSPS) is 22.1. The fraction of sp³-hybridized carbons (Fsp3) is 0.500. The number of rotatable bonds is 4. The molecule has 1 saturated carbocycles. The molecule has 1 saturated heterocycles. The monoisotopic (exact) mass is 460 g/mol. The molecule has 1 aliphatic heterocycles. The van der Waals surface area contributed by atoms with Gasteiger partial charge in [0.2, 0.25) is 0 Å². The number of hydrogen-bond donors (Lipinski definition) is 2. The molecule has 3 aromatic heterocycles. The number of hydrogen-bond acceptors (Lipinski definition) is 5. The molecule has 1 aromatic carbocycles. The number of aromatic amines is 1. The summed E-state index contributed by atoms with van der Waals surface area (Å²) in [5.74, 6) is 0. The van der Waals surface area contributed by atoms with Crippen LogP contribution in [0.5, 0.6) is 0 Å². The number of imidazole rings is 1. The zero-order valence-corrected chi connectivity index (χ0v) is 19.9. The average molecular weight is 461 g/mol. The van der Waals surface area contributed by atoms with E-state index >= 15 is 0 Å². The molecule has 0 amide bonds.